The van der Waals surface area contributed by atoms with E-state index < -0.39 is 24.1 Å². The van der Waals surface area contributed by atoms with E-state index in [0.29, 0.717) is 12.8 Å². The van der Waals surface area contributed by atoms with Gasteiger partial charge in [-0.3, -0.25) is 4.79 Å². The molecule has 2 unspecified atom stereocenters. The summed E-state index contributed by atoms with van der Waals surface area (Å²) >= 11 is 0. The van der Waals surface area contributed by atoms with Crippen LogP contribution in [0.2, 0.25) is 0 Å². The lowest BCUT2D eigenvalue weighted by Gasteiger charge is -2.15. The summed E-state index contributed by atoms with van der Waals surface area (Å²) in [5.74, 6) is -1.43. The Morgan fingerprint density at radius 3 is 2.23 bits per heavy atom. The maximum absolute atomic E-state index is 12.1. The Balaban J connectivity index is 1.22. The van der Waals surface area contributed by atoms with Crippen molar-refractivity contribution in [2.45, 2.75) is 31.0 Å². The van der Waals surface area contributed by atoms with E-state index in [0.717, 1.165) is 22.3 Å². The lowest BCUT2D eigenvalue weighted by Crippen LogP contribution is -2.40. The highest BCUT2D eigenvalue weighted by Gasteiger charge is 2.31. The monoisotopic (exact) mass is 424 g/mol. The number of hydrogen-bond acceptors (Lipinski definition) is 5. The quantitative estimate of drug-likeness (QED) is 0.628. The minimum Gasteiger partial charge on any atom is -0.479 e. The first kappa shape index (κ1) is 20.9. The average Bonchev–Trinajstić information content (AvgIpc) is 3.38. The number of nitrogens with one attached hydrogen (secondary N) is 2. The topological polar surface area (TPSA) is 114 Å². The van der Waals surface area contributed by atoms with Gasteiger partial charge in [0.15, 0.2) is 6.10 Å². The van der Waals surface area contributed by atoms with Crippen LogP contribution in [0.3, 0.4) is 0 Å². The number of amides is 2. The zero-order valence-electron chi connectivity index (χ0n) is 16.9. The van der Waals surface area contributed by atoms with Gasteiger partial charge in [0.1, 0.15) is 6.61 Å². The first-order chi connectivity index (χ1) is 15.0. The van der Waals surface area contributed by atoms with Crippen molar-refractivity contribution in [3.05, 3.63) is 59.7 Å². The smallest absolute Gasteiger partial charge is 0.407 e. The van der Waals surface area contributed by atoms with Gasteiger partial charge in [0.05, 0.1) is 12.6 Å². The summed E-state index contributed by atoms with van der Waals surface area (Å²) in [5.41, 5.74) is 4.52. The van der Waals surface area contributed by atoms with Crippen LogP contribution in [0.1, 0.15) is 29.9 Å². The molecule has 1 fully saturated rings. The van der Waals surface area contributed by atoms with Crippen molar-refractivity contribution in [1.29, 1.82) is 0 Å². The van der Waals surface area contributed by atoms with E-state index in [1.807, 2.05) is 36.4 Å². The Morgan fingerprint density at radius 2 is 1.61 bits per heavy atom. The fourth-order valence-corrected chi connectivity index (χ4v) is 4.13. The Bertz CT molecular complexity index is 946. The number of carbonyl (C=O) groups excluding carboxylic acids is 2. The van der Waals surface area contributed by atoms with Crippen LogP contribution in [-0.4, -0.2) is 55.0 Å². The minimum atomic E-state index is -0.995. The SMILES string of the molecule is O=C(CNC(=O)OCC1c2ccccc2-c2ccccc21)NCC1CCC(C(=O)O)O1. The standard InChI is InChI=1S/C23H24N2O6/c26-21(24-11-14-9-10-20(31-14)22(27)28)12-25-23(29)30-13-19-17-7-3-1-5-15(17)16-6-2-4-8-18(16)19/h1-8,14,19-20H,9-13H2,(H,24,26)(H,25,29)(H,27,28). The zero-order chi connectivity index (χ0) is 21.8. The molecule has 4 rings (SSSR count). The van der Waals surface area contributed by atoms with Crippen LogP contribution in [0.4, 0.5) is 4.79 Å². The summed E-state index contributed by atoms with van der Waals surface area (Å²) in [7, 11) is 0. The van der Waals surface area contributed by atoms with Crippen molar-refractivity contribution in [2.75, 3.05) is 19.7 Å². The molecule has 162 valence electrons. The first-order valence-electron chi connectivity index (χ1n) is 10.3. The zero-order valence-corrected chi connectivity index (χ0v) is 16.9. The number of ether oxygens (including phenoxy) is 2. The van der Waals surface area contributed by atoms with Gasteiger partial charge >= 0.3 is 12.1 Å². The van der Waals surface area contributed by atoms with Gasteiger partial charge in [-0.2, -0.15) is 0 Å². The number of carboxylic acids is 1. The van der Waals surface area contributed by atoms with Crippen molar-refractivity contribution in [2.24, 2.45) is 0 Å². The Hall–Kier alpha value is -3.39. The van der Waals surface area contributed by atoms with Crippen molar-refractivity contribution in [3.63, 3.8) is 0 Å². The first-order valence-corrected chi connectivity index (χ1v) is 10.3. The molecule has 1 aliphatic carbocycles. The molecule has 1 heterocycles. The van der Waals surface area contributed by atoms with E-state index in [2.05, 4.69) is 22.8 Å². The molecule has 8 nitrogen and oxygen atoms in total. The Morgan fingerprint density at radius 1 is 0.968 bits per heavy atom. The maximum Gasteiger partial charge on any atom is 0.407 e. The second kappa shape index (κ2) is 9.18. The third kappa shape index (κ3) is 4.69. The minimum absolute atomic E-state index is 0.0475. The molecule has 0 bridgehead atoms. The van der Waals surface area contributed by atoms with Crippen LogP contribution in [0, 0.1) is 0 Å². The van der Waals surface area contributed by atoms with E-state index in [-0.39, 0.29) is 31.7 Å². The third-order valence-electron chi connectivity index (χ3n) is 5.65. The number of benzene rings is 2. The van der Waals surface area contributed by atoms with Gasteiger partial charge in [-0.25, -0.2) is 9.59 Å². The summed E-state index contributed by atoms with van der Waals surface area (Å²) in [6, 6.07) is 16.1. The summed E-state index contributed by atoms with van der Waals surface area (Å²) in [4.78, 5) is 34.9. The number of carboxylic acid groups (broad SMARTS) is 1. The predicted octanol–water partition coefficient (Wildman–Crippen LogP) is 2.27. The maximum atomic E-state index is 12.1. The van der Waals surface area contributed by atoms with E-state index >= 15 is 0 Å². The van der Waals surface area contributed by atoms with Gasteiger partial charge in [0, 0.05) is 12.5 Å². The summed E-state index contributed by atoms with van der Waals surface area (Å²) in [6.07, 6.45) is -0.828. The van der Waals surface area contributed by atoms with Crippen LogP contribution >= 0.6 is 0 Å². The largest absolute Gasteiger partial charge is 0.479 e. The third-order valence-corrected chi connectivity index (χ3v) is 5.65. The molecule has 0 radical (unpaired) electrons. The highest BCUT2D eigenvalue weighted by atomic mass is 16.5. The molecule has 1 saturated heterocycles. The normalized spacial score (nSPS) is 19.4. The molecule has 2 aromatic carbocycles. The molecule has 1 aliphatic heterocycles. The highest BCUT2D eigenvalue weighted by Crippen LogP contribution is 2.44. The number of carbonyl (C=O) groups is 3. The van der Waals surface area contributed by atoms with Crippen molar-refractivity contribution in [3.8, 4) is 11.1 Å². The lowest BCUT2D eigenvalue weighted by molar-refractivity contribution is -0.149. The second-order valence-corrected chi connectivity index (χ2v) is 7.65. The molecule has 2 atom stereocenters. The van der Waals surface area contributed by atoms with Gasteiger partial charge in [-0.05, 0) is 35.1 Å². The van der Waals surface area contributed by atoms with Gasteiger partial charge < -0.3 is 25.2 Å². The number of hydrogen-bond donors (Lipinski definition) is 3. The van der Waals surface area contributed by atoms with Crippen LogP contribution in [0.25, 0.3) is 11.1 Å². The van der Waals surface area contributed by atoms with Crippen LogP contribution in [0.5, 0.6) is 0 Å². The molecule has 2 amide bonds. The fourth-order valence-electron chi connectivity index (χ4n) is 4.13. The molecule has 8 heteroatoms. The van der Waals surface area contributed by atoms with E-state index in [9.17, 15) is 14.4 Å². The molecule has 2 aliphatic rings. The van der Waals surface area contributed by atoms with Crippen molar-refractivity contribution >= 4 is 18.0 Å². The number of rotatable bonds is 7. The Labute approximate surface area is 179 Å². The second-order valence-electron chi connectivity index (χ2n) is 7.65. The predicted molar refractivity (Wildman–Crippen MR) is 112 cm³/mol. The van der Waals surface area contributed by atoms with Crippen molar-refractivity contribution in [1.82, 2.24) is 10.6 Å². The fraction of sp³-hybridized carbons (Fsp3) is 0.348. The van der Waals surface area contributed by atoms with Crippen LogP contribution in [0.15, 0.2) is 48.5 Å². The molecule has 0 spiro atoms. The Kier molecular flexibility index (Phi) is 6.18. The molecule has 3 N–H and O–H groups in total. The number of alkyl carbamates (subject to hydrolysis) is 1. The lowest BCUT2D eigenvalue weighted by atomic mass is 9.98. The number of fused-ring (bicyclic) bond motifs is 3. The molecule has 0 saturated carbocycles. The molecule has 0 aromatic heterocycles. The highest BCUT2D eigenvalue weighted by molar-refractivity contribution is 5.82. The van der Waals surface area contributed by atoms with Gasteiger partial charge in [-0.15, -0.1) is 0 Å². The number of aliphatic carboxylic acids is 1. The molecule has 31 heavy (non-hydrogen) atoms. The van der Waals surface area contributed by atoms with E-state index in [1.165, 1.54) is 0 Å². The average molecular weight is 424 g/mol. The molecular weight excluding hydrogens is 400 g/mol. The van der Waals surface area contributed by atoms with Gasteiger partial charge in [0.2, 0.25) is 5.91 Å². The summed E-state index contributed by atoms with van der Waals surface area (Å²) in [5, 5.41) is 14.0. The molecular formula is C23H24N2O6. The van der Waals surface area contributed by atoms with E-state index in [4.69, 9.17) is 14.6 Å². The summed E-state index contributed by atoms with van der Waals surface area (Å²) in [6.45, 7) is 0.148. The van der Waals surface area contributed by atoms with Gasteiger partial charge in [0.25, 0.3) is 0 Å². The van der Waals surface area contributed by atoms with Crippen LogP contribution < -0.4 is 10.6 Å². The van der Waals surface area contributed by atoms with Crippen LogP contribution in [-0.2, 0) is 19.1 Å². The van der Waals surface area contributed by atoms with E-state index in [1.54, 1.807) is 0 Å². The molecule has 2 aromatic rings. The summed E-state index contributed by atoms with van der Waals surface area (Å²) < 4.78 is 10.7. The van der Waals surface area contributed by atoms with Crippen molar-refractivity contribution < 1.29 is 29.0 Å². The van der Waals surface area contributed by atoms with Gasteiger partial charge in [-0.1, -0.05) is 48.5 Å².